The van der Waals surface area contributed by atoms with Crippen molar-refractivity contribution in [1.29, 1.82) is 0 Å². The number of halogens is 2. The molecule has 0 amide bonds. The maximum absolute atomic E-state index is 14.1. The van der Waals surface area contributed by atoms with Crippen molar-refractivity contribution >= 4 is 15.9 Å². The molecule has 2 rings (SSSR count). The second-order valence-electron chi connectivity index (χ2n) is 4.97. The Morgan fingerprint density at radius 3 is 2.60 bits per heavy atom. The van der Waals surface area contributed by atoms with Crippen molar-refractivity contribution in [1.82, 2.24) is 5.32 Å². The van der Waals surface area contributed by atoms with Crippen molar-refractivity contribution in [2.24, 2.45) is 0 Å². The second kappa shape index (κ2) is 7.00. The highest BCUT2D eigenvalue weighted by molar-refractivity contribution is 9.10. The van der Waals surface area contributed by atoms with E-state index in [-0.39, 0.29) is 11.9 Å². The lowest BCUT2D eigenvalue weighted by Gasteiger charge is -2.21. The molecule has 1 N–H and O–H groups in total. The van der Waals surface area contributed by atoms with Crippen molar-refractivity contribution in [3.8, 4) is 0 Å². The molecule has 3 heteroatoms. The number of rotatable bonds is 5. The van der Waals surface area contributed by atoms with Crippen LogP contribution in [0.2, 0.25) is 0 Å². The molecule has 0 spiro atoms. The summed E-state index contributed by atoms with van der Waals surface area (Å²) in [6, 6.07) is 13.1. The highest BCUT2D eigenvalue weighted by Crippen LogP contribution is 2.27. The summed E-state index contributed by atoms with van der Waals surface area (Å²) in [6.45, 7) is 5.01. The Kier molecular flexibility index (Phi) is 5.32. The highest BCUT2D eigenvalue weighted by Gasteiger charge is 2.17. The summed E-state index contributed by atoms with van der Waals surface area (Å²) in [5, 5.41) is 3.44. The molecule has 106 valence electrons. The number of benzene rings is 2. The van der Waals surface area contributed by atoms with E-state index < -0.39 is 0 Å². The third-order valence-corrected chi connectivity index (χ3v) is 3.67. The van der Waals surface area contributed by atoms with Gasteiger partial charge in [0.05, 0.1) is 6.04 Å². The van der Waals surface area contributed by atoms with Crippen LogP contribution in [0.3, 0.4) is 0 Å². The molecule has 0 heterocycles. The van der Waals surface area contributed by atoms with Crippen molar-refractivity contribution in [3.05, 3.63) is 69.4 Å². The molecule has 0 radical (unpaired) electrons. The molecule has 1 nitrogen and oxygen atoms in total. The minimum Gasteiger partial charge on any atom is -0.306 e. The summed E-state index contributed by atoms with van der Waals surface area (Å²) in [4.78, 5) is 0. The standard InChI is InChI=1S/C17H19BrFN/c1-3-8-20-17(15-6-4-5-7-16(15)19)13-9-12(2)10-14(18)11-13/h4-7,9-11,17,20H,3,8H2,1-2H3. The third-order valence-electron chi connectivity index (χ3n) is 3.21. The van der Waals surface area contributed by atoms with Gasteiger partial charge in [-0.2, -0.15) is 0 Å². The van der Waals surface area contributed by atoms with Crippen LogP contribution in [0.4, 0.5) is 4.39 Å². The van der Waals surface area contributed by atoms with Crippen LogP contribution in [-0.2, 0) is 0 Å². The molecule has 0 aliphatic rings. The van der Waals surface area contributed by atoms with Crippen LogP contribution in [0.5, 0.6) is 0 Å². The van der Waals surface area contributed by atoms with Crippen LogP contribution in [0.1, 0.15) is 36.1 Å². The Morgan fingerprint density at radius 1 is 1.20 bits per heavy atom. The first kappa shape index (κ1) is 15.2. The lowest BCUT2D eigenvalue weighted by Crippen LogP contribution is -2.24. The Hall–Kier alpha value is -1.19. The predicted molar refractivity (Wildman–Crippen MR) is 85.4 cm³/mol. The molecule has 0 fully saturated rings. The van der Waals surface area contributed by atoms with Crippen LogP contribution in [0.15, 0.2) is 46.9 Å². The van der Waals surface area contributed by atoms with E-state index in [4.69, 9.17) is 0 Å². The minimum absolute atomic E-state index is 0.118. The maximum atomic E-state index is 14.1. The van der Waals surface area contributed by atoms with E-state index in [9.17, 15) is 4.39 Å². The van der Waals surface area contributed by atoms with Gasteiger partial charge in [-0.1, -0.05) is 47.1 Å². The highest BCUT2D eigenvalue weighted by atomic mass is 79.9. The topological polar surface area (TPSA) is 12.0 Å². The van der Waals surface area contributed by atoms with Gasteiger partial charge in [0.1, 0.15) is 5.82 Å². The molecule has 1 unspecified atom stereocenters. The molecule has 20 heavy (non-hydrogen) atoms. The largest absolute Gasteiger partial charge is 0.306 e. The van der Waals surface area contributed by atoms with Gasteiger partial charge >= 0.3 is 0 Å². The second-order valence-corrected chi connectivity index (χ2v) is 5.89. The van der Waals surface area contributed by atoms with Crippen molar-refractivity contribution in [3.63, 3.8) is 0 Å². The molecule has 0 bridgehead atoms. The lowest BCUT2D eigenvalue weighted by molar-refractivity contribution is 0.546. The van der Waals surface area contributed by atoms with Gasteiger partial charge in [0.2, 0.25) is 0 Å². The van der Waals surface area contributed by atoms with E-state index in [2.05, 4.69) is 40.3 Å². The normalized spacial score (nSPS) is 12.4. The predicted octanol–water partition coefficient (Wildman–Crippen LogP) is 4.99. The number of hydrogen-bond donors (Lipinski definition) is 1. The van der Waals surface area contributed by atoms with Gasteiger partial charge in [0.15, 0.2) is 0 Å². The maximum Gasteiger partial charge on any atom is 0.128 e. The molecule has 0 aromatic heterocycles. The summed E-state index contributed by atoms with van der Waals surface area (Å²) in [6.07, 6.45) is 1.01. The molecule has 2 aromatic rings. The van der Waals surface area contributed by atoms with Crippen molar-refractivity contribution in [2.75, 3.05) is 6.54 Å². The Balaban J connectivity index is 2.44. The summed E-state index contributed by atoms with van der Waals surface area (Å²) < 4.78 is 15.1. The minimum atomic E-state index is -0.168. The third kappa shape index (κ3) is 3.68. The monoisotopic (exact) mass is 335 g/mol. The van der Waals surface area contributed by atoms with Crippen LogP contribution < -0.4 is 5.32 Å². The first-order valence-corrected chi connectivity index (χ1v) is 7.66. The zero-order chi connectivity index (χ0) is 14.5. The quantitative estimate of drug-likeness (QED) is 0.811. The zero-order valence-electron chi connectivity index (χ0n) is 11.8. The Bertz CT molecular complexity index is 563. The summed E-state index contributed by atoms with van der Waals surface area (Å²) in [7, 11) is 0. The average molecular weight is 336 g/mol. The smallest absolute Gasteiger partial charge is 0.128 e. The van der Waals surface area contributed by atoms with Gasteiger partial charge < -0.3 is 5.32 Å². The van der Waals surface area contributed by atoms with Crippen LogP contribution in [-0.4, -0.2) is 6.54 Å². The van der Waals surface area contributed by atoms with E-state index in [1.807, 2.05) is 25.1 Å². The average Bonchev–Trinajstić information content (AvgIpc) is 2.40. The van der Waals surface area contributed by atoms with Gasteiger partial charge in [0, 0.05) is 10.0 Å². The van der Waals surface area contributed by atoms with Gasteiger partial charge in [-0.15, -0.1) is 0 Å². The molecule has 0 aliphatic carbocycles. The summed E-state index contributed by atoms with van der Waals surface area (Å²) >= 11 is 3.52. The molecule has 1 atom stereocenters. The van der Waals surface area contributed by atoms with E-state index in [0.29, 0.717) is 5.56 Å². The van der Waals surface area contributed by atoms with Gasteiger partial charge in [-0.05, 0) is 49.2 Å². The fraction of sp³-hybridized carbons (Fsp3) is 0.294. The Morgan fingerprint density at radius 2 is 1.95 bits per heavy atom. The summed E-state index contributed by atoms with van der Waals surface area (Å²) in [5.74, 6) is -0.168. The van der Waals surface area contributed by atoms with Gasteiger partial charge in [-0.3, -0.25) is 0 Å². The van der Waals surface area contributed by atoms with Crippen molar-refractivity contribution in [2.45, 2.75) is 26.3 Å². The molecule has 2 aromatic carbocycles. The van der Waals surface area contributed by atoms with Crippen LogP contribution in [0, 0.1) is 12.7 Å². The molecule has 0 aliphatic heterocycles. The molecule has 0 saturated heterocycles. The summed E-state index contributed by atoms with van der Waals surface area (Å²) in [5.41, 5.74) is 2.93. The Labute approximate surface area is 128 Å². The molecular formula is C17H19BrFN. The number of aryl methyl sites for hydroxylation is 1. The van der Waals surface area contributed by atoms with Crippen LogP contribution in [0.25, 0.3) is 0 Å². The van der Waals surface area contributed by atoms with E-state index in [1.165, 1.54) is 6.07 Å². The fourth-order valence-electron chi connectivity index (χ4n) is 2.34. The molecular weight excluding hydrogens is 317 g/mol. The van der Waals surface area contributed by atoms with Gasteiger partial charge in [0.25, 0.3) is 0 Å². The molecule has 0 saturated carbocycles. The lowest BCUT2D eigenvalue weighted by atomic mass is 9.97. The van der Waals surface area contributed by atoms with E-state index in [1.54, 1.807) is 6.07 Å². The SMILES string of the molecule is CCCNC(c1cc(C)cc(Br)c1)c1ccccc1F. The number of nitrogens with one attached hydrogen (secondary N) is 1. The van der Waals surface area contributed by atoms with E-state index in [0.717, 1.165) is 28.6 Å². The van der Waals surface area contributed by atoms with Crippen molar-refractivity contribution < 1.29 is 4.39 Å². The fourth-order valence-corrected chi connectivity index (χ4v) is 2.96. The zero-order valence-corrected chi connectivity index (χ0v) is 13.4. The van der Waals surface area contributed by atoms with Gasteiger partial charge in [-0.25, -0.2) is 4.39 Å². The number of hydrogen-bond acceptors (Lipinski definition) is 1. The first-order chi connectivity index (χ1) is 9.61. The van der Waals surface area contributed by atoms with Crippen LogP contribution >= 0.6 is 15.9 Å². The van der Waals surface area contributed by atoms with E-state index >= 15 is 0 Å². The first-order valence-electron chi connectivity index (χ1n) is 6.86.